The van der Waals surface area contributed by atoms with Gasteiger partial charge < -0.3 is 5.11 Å². The first kappa shape index (κ1) is 8.82. The maximum Gasteiger partial charge on any atom is 0.373 e. The molecule has 0 spiro atoms. The second-order valence-electron chi connectivity index (χ2n) is 2.56. The van der Waals surface area contributed by atoms with E-state index in [1.165, 1.54) is 23.1 Å². The fourth-order valence-electron chi connectivity index (χ4n) is 1.00. The number of thiazole rings is 1. The van der Waals surface area contributed by atoms with E-state index < -0.39 is 5.97 Å². The maximum atomic E-state index is 10.7. The van der Waals surface area contributed by atoms with Crippen molar-refractivity contribution < 1.29 is 9.90 Å². The third-order valence-electron chi connectivity index (χ3n) is 1.62. The van der Waals surface area contributed by atoms with E-state index in [-0.39, 0.29) is 5.82 Å². The van der Waals surface area contributed by atoms with Crippen LogP contribution in [0.4, 0.5) is 0 Å². The minimum Gasteiger partial charge on any atom is -0.475 e. The van der Waals surface area contributed by atoms with Gasteiger partial charge in [-0.3, -0.25) is 0 Å². The van der Waals surface area contributed by atoms with E-state index in [0.29, 0.717) is 11.5 Å². The standard InChI is InChI=1S/C7H6N4O2S/c1-11-6(7(12)13)9-5(10-11)4-2-14-3-8-4/h2-3H,1H3,(H,12,13). The maximum absolute atomic E-state index is 10.7. The molecule has 0 aliphatic rings. The van der Waals surface area contributed by atoms with E-state index in [4.69, 9.17) is 5.11 Å². The van der Waals surface area contributed by atoms with E-state index >= 15 is 0 Å². The van der Waals surface area contributed by atoms with Gasteiger partial charge in [-0.25, -0.2) is 14.5 Å². The molecule has 0 aliphatic carbocycles. The van der Waals surface area contributed by atoms with Crippen LogP contribution in [-0.4, -0.2) is 30.8 Å². The van der Waals surface area contributed by atoms with Gasteiger partial charge in [0.2, 0.25) is 11.6 Å². The molecule has 0 aromatic carbocycles. The molecule has 72 valence electrons. The lowest BCUT2D eigenvalue weighted by Gasteiger charge is -1.88. The molecule has 0 unspecified atom stereocenters. The molecule has 0 amide bonds. The third kappa shape index (κ3) is 1.37. The van der Waals surface area contributed by atoms with Crippen molar-refractivity contribution in [3.05, 3.63) is 16.7 Å². The van der Waals surface area contributed by atoms with Gasteiger partial charge in [0.25, 0.3) is 0 Å². The lowest BCUT2D eigenvalue weighted by atomic mass is 10.5. The number of carbonyl (C=O) groups is 1. The van der Waals surface area contributed by atoms with Gasteiger partial charge in [-0.15, -0.1) is 16.4 Å². The van der Waals surface area contributed by atoms with E-state index in [0.717, 1.165) is 0 Å². The average Bonchev–Trinajstić information content (AvgIpc) is 2.70. The molecule has 0 fully saturated rings. The molecule has 2 aromatic heterocycles. The zero-order valence-electron chi connectivity index (χ0n) is 7.21. The highest BCUT2D eigenvalue weighted by atomic mass is 32.1. The Bertz CT molecular complexity index is 462. The van der Waals surface area contributed by atoms with E-state index in [2.05, 4.69) is 15.1 Å². The molecule has 2 rings (SSSR count). The first-order valence-electron chi connectivity index (χ1n) is 3.71. The van der Waals surface area contributed by atoms with Crippen molar-refractivity contribution >= 4 is 17.3 Å². The molecule has 1 N–H and O–H groups in total. The number of aryl methyl sites for hydroxylation is 1. The molecular formula is C7H6N4O2S. The summed E-state index contributed by atoms with van der Waals surface area (Å²) in [5.74, 6) is -0.847. The predicted octanol–water partition coefficient (Wildman–Crippen LogP) is 0.637. The average molecular weight is 210 g/mol. The first-order valence-corrected chi connectivity index (χ1v) is 4.65. The number of rotatable bonds is 2. The van der Waals surface area contributed by atoms with E-state index in [9.17, 15) is 4.79 Å². The van der Waals surface area contributed by atoms with Gasteiger partial charge in [-0.2, -0.15) is 4.98 Å². The van der Waals surface area contributed by atoms with Crippen LogP contribution in [0.5, 0.6) is 0 Å². The van der Waals surface area contributed by atoms with Crippen molar-refractivity contribution in [3.63, 3.8) is 0 Å². The Morgan fingerprint density at radius 3 is 2.93 bits per heavy atom. The molecule has 0 radical (unpaired) electrons. The molecular weight excluding hydrogens is 204 g/mol. The number of aromatic carboxylic acids is 1. The minimum atomic E-state index is -1.10. The summed E-state index contributed by atoms with van der Waals surface area (Å²) < 4.78 is 1.22. The normalized spacial score (nSPS) is 10.4. The van der Waals surface area contributed by atoms with Crippen LogP contribution in [0.3, 0.4) is 0 Å². The van der Waals surface area contributed by atoms with Crippen LogP contribution >= 0.6 is 11.3 Å². The summed E-state index contributed by atoms with van der Waals surface area (Å²) in [5, 5.41) is 14.4. The second kappa shape index (κ2) is 3.18. The summed E-state index contributed by atoms with van der Waals surface area (Å²) in [6.45, 7) is 0. The zero-order valence-corrected chi connectivity index (χ0v) is 8.02. The van der Waals surface area contributed by atoms with Gasteiger partial charge in [0.05, 0.1) is 5.51 Å². The first-order chi connectivity index (χ1) is 6.68. The number of carboxylic acids is 1. The molecule has 0 bridgehead atoms. The van der Waals surface area contributed by atoms with Crippen molar-refractivity contribution in [1.29, 1.82) is 0 Å². The van der Waals surface area contributed by atoms with Crippen molar-refractivity contribution in [3.8, 4) is 11.5 Å². The summed E-state index contributed by atoms with van der Waals surface area (Å²) in [7, 11) is 1.53. The molecule has 0 atom stereocenters. The highest BCUT2D eigenvalue weighted by Gasteiger charge is 2.15. The lowest BCUT2D eigenvalue weighted by molar-refractivity contribution is 0.0678. The van der Waals surface area contributed by atoms with Crippen LogP contribution < -0.4 is 0 Å². The zero-order chi connectivity index (χ0) is 10.1. The smallest absolute Gasteiger partial charge is 0.373 e. The summed E-state index contributed by atoms with van der Waals surface area (Å²) in [6, 6.07) is 0. The largest absolute Gasteiger partial charge is 0.475 e. The second-order valence-corrected chi connectivity index (χ2v) is 3.28. The number of hydrogen-bond acceptors (Lipinski definition) is 5. The van der Waals surface area contributed by atoms with Gasteiger partial charge in [0, 0.05) is 12.4 Å². The number of aromatic nitrogens is 4. The van der Waals surface area contributed by atoms with Crippen molar-refractivity contribution in [2.75, 3.05) is 0 Å². The molecule has 7 heteroatoms. The molecule has 0 aliphatic heterocycles. The Hall–Kier alpha value is -1.76. The summed E-state index contributed by atoms with van der Waals surface area (Å²) in [6.07, 6.45) is 0. The van der Waals surface area contributed by atoms with Crippen LogP contribution in [0.25, 0.3) is 11.5 Å². The SMILES string of the molecule is Cn1nc(-c2cscn2)nc1C(=O)O. The van der Waals surface area contributed by atoms with Crippen molar-refractivity contribution in [2.45, 2.75) is 0 Å². The summed E-state index contributed by atoms with van der Waals surface area (Å²) in [5.41, 5.74) is 2.24. The predicted molar refractivity (Wildman–Crippen MR) is 49.1 cm³/mol. The van der Waals surface area contributed by atoms with Gasteiger partial charge >= 0.3 is 5.97 Å². The Kier molecular flexibility index (Phi) is 2.01. The fraction of sp³-hybridized carbons (Fsp3) is 0.143. The topological polar surface area (TPSA) is 80.9 Å². The third-order valence-corrected chi connectivity index (χ3v) is 2.20. The number of hydrogen-bond donors (Lipinski definition) is 1. The molecule has 2 heterocycles. The van der Waals surface area contributed by atoms with E-state index in [1.807, 2.05) is 0 Å². The Morgan fingerprint density at radius 1 is 1.64 bits per heavy atom. The van der Waals surface area contributed by atoms with Crippen LogP contribution in [0.2, 0.25) is 0 Å². The Labute approximate surface area is 82.9 Å². The van der Waals surface area contributed by atoms with Gasteiger partial charge in [0.15, 0.2) is 0 Å². The monoisotopic (exact) mass is 210 g/mol. The summed E-state index contributed by atoms with van der Waals surface area (Å²) in [4.78, 5) is 18.5. The van der Waals surface area contributed by atoms with Crippen LogP contribution in [0.15, 0.2) is 10.9 Å². The highest BCUT2D eigenvalue weighted by Crippen LogP contribution is 2.14. The van der Waals surface area contributed by atoms with Crippen molar-refractivity contribution in [1.82, 2.24) is 19.7 Å². The molecule has 2 aromatic rings. The van der Waals surface area contributed by atoms with Gasteiger partial charge in [0.1, 0.15) is 5.69 Å². The van der Waals surface area contributed by atoms with Gasteiger partial charge in [-0.05, 0) is 0 Å². The molecule has 0 saturated heterocycles. The van der Waals surface area contributed by atoms with Gasteiger partial charge in [-0.1, -0.05) is 0 Å². The van der Waals surface area contributed by atoms with Crippen LogP contribution in [0.1, 0.15) is 10.6 Å². The Balaban J connectivity index is 2.48. The highest BCUT2D eigenvalue weighted by molar-refractivity contribution is 7.07. The van der Waals surface area contributed by atoms with Crippen LogP contribution in [0, 0.1) is 0 Å². The molecule has 6 nitrogen and oxygen atoms in total. The molecule has 14 heavy (non-hydrogen) atoms. The van der Waals surface area contributed by atoms with E-state index in [1.54, 1.807) is 10.9 Å². The lowest BCUT2D eigenvalue weighted by Crippen LogP contribution is -2.06. The molecule has 0 saturated carbocycles. The number of carboxylic acid groups (broad SMARTS) is 1. The van der Waals surface area contributed by atoms with Crippen molar-refractivity contribution in [2.24, 2.45) is 7.05 Å². The van der Waals surface area contributed by atoms with Crippen LogP contribution in [-0.2, 0) is 7.05 Å². The fourth-order valence-corrected chi connectivity index (χ4v) is 1.53. The number of nitrogens with zero attached hydrogens (tertiary/aromatic N) is 4. The minimum absolute atomic E-state index is 0.0898. The summed E-state index contributed by atoms with van der Waals surface area (Å²) >= 11 is 1.41. The quantitative estimate of drug-likeness (QED) is 0.786. The Morgan fingerprint density at radius 2 is 2.43 bits per heavy atom.